The Morgan fingerprint density at radius 3 is 1.96 bits per heavy atom. The highest BCUT2D eigenvalue weighted by Crippen LogP contribution is 2.44. The predicted octanol–water partition coefficient (Wildman–Crippen LogP) is 5.09. The molecule has 4 rings (SSSR count). The van der Waals surface area contributed by atoms with Crippen molar-refractivity contribution in [3.8, 4) is 11.1 Å². The van der Waals surface area contributed by atoms with Crippen LogP contribution in [-0.4, -0.2) is 19.7 Å². The van der Waals surface area contributed by atoms with E-state index in [4.69, 9.17) is 4.74 Å². The fourth-order valence-electron chi connectivity index (χ4n) is 3.47. The number of rotatable bonds is 4. The lowest BCUT2D eigenvalue weighted by molar-refractivity contribution is 0.158. The van der Waals surface area contributed by atoms with E-state index in [0.29, 0.717) is 12.3 Å². The van der Waals surface area contributed by atoms with Gasteiger partial charge < -0.3 is 10.1 Å². The van der Waals surface area contributed by atoms with Crippen LogP contribution in [0.2, 0.25) is 0 Å². The maximum Gasteiger partial charge on any atom is 0.411 e. The summed E-state index contributed by atoms with van der Waals surface area (Å²) in [5.74, 6) is 0.0693. The van der Waals surface area contributed by atoms with E-state index in [1.807, 2.05) is 55.6 Å². The molecule has 4 nitrogen and oxygen atoms in total. The first kappa shape index (κ1) is 16.2. The van der Waals surface area contributed by atoms with Crippen molar-refractivity contribution < 1.29 is 9.53 Å². The Labute approximate surface area is 152 Å². The molecule has 0 saturated heterocycles. The summed E-state index contributed by atoms with van der Waals surface area (Å²) in [6.07, 6.45) is -0.441. The van der Waals surface area contributed by atoms with Gasteiger partial charge in [-0.25, -0.2) is 4.79 Å². The summed E-state index contributed by atoms with van der Waals surface area (Å²) < 4.78 is 5.53. The van der Waals surface area contributed by atoms with Crippen LogP contribution in [-0.2, 0) is 4.74 Å². The molecule has 0 aromatic heterocycles. The third-order valence-electron chi connectivity index (χ3n) is 4.76. The quantitative estimate of drug-likeness (QED) is 0.693. The van der Waals surface area contributed by atoms with Crippen molar-refractivity contribution in [3.05, 3.63) is 83.9 Å². The highest BCUT2D eigenvalue weighted by Gasteiger charge is 2.28. The number of ether oxygens (including phenoxy) is 1. The number of carbonyl (C=O) groups excluding carboxylic acids is 1. The van der Waals surface area contributed by atoms with Crippen LogP contribution < -0.4 is 10.6 Å². The molecule has 1 amide bonds. The first-order chi connectivity index (χ1) is 12.8. The molecule has 1 aliphatic carbocycles. The van der Waals surface area contributed by atoms with Gasteiger partial charge in [0.25, 0.3) is 0 Å². The molecule has 0 saturated carbocycles. The van der Waals surface area contributed by atoms with Crippen LogP contribution in [0.5, 0.6) is 0 Å². The number of fused-ring (bicyclic) bond motifs is 3. The molecule has 0 bridgehead atoms. The Morgan fingerprint density at radius 1 is 0.846 bits per heavy atom. The Balaban J connectivity index is 1.46. The lowest BCUT2D eigenvalue weighted by Gasteiger charge is -2.14. The van der Waals surface area contributed by atoms with Crippen LogP contribution in [0.15, 0.2) is 72.8 Å². The average molecular weight is 344 g/mol. The molecular formula is C22H20N2O2. The summed E-state index contributed by atoms with van der Waals surface area (Å²) in [6, 6.07) is 24.1. The van der Waals surface area contributed by atoms with Gasteiger partial charge in [0, 0.05) is 24.3 Å². The maximum absolute atomic E-state index is 12.2. The van der Waals surface area contributed by atoms with E-state index in [1.54, 1.807) is 0 Å². The van der Waals surface area contributed by atoms with Gasteiger partial charge in [0.2, 0.25) is 0 Å². The van der Waals surface area contributed by atoms with Gasteiger partial charge in [0.15, 0.2) is 0 Å². The second-order valence-corrected chi connectivity index (χ2v) is 6.28. The van der Waals surface area contributed by atoms with Crippen molar-refractivity contribution in [2.45, 2.75) is 5.92 Å². The molecule has 0 atom stereocenters. The van der Waals surface area contributed by atoms with E-state index in [9.17, 15) is 4.79 Å². The van der Waals surface area contributed by atoms with Crippen LogP contribution in [0, 0.1) is 0 Å². The van der Waals surface area contributed by atoms with Gasteiger partial charge in [0.1, 0.15) is 6.61 Å². The topological polar surface area (TPSA) is 50.4 Å². The smallest absolute Gasteiger partial charge is 0.411 e. The molecular weight excluding hydrogens is 324 g/mol. The molecule has 3 aromatic carbocycles. The van der Waals surface area contributed by atoms with Crippen molar-refractivity contribution >= 4 is 17.5 Å². The van der Waals surface area contributed by atoms with Crippen molar-refractivity contribution in [2.75, 3.05) is 24.3 Å². The number of nitrogens with one attached hydrogen (secondary N) is 2. The number of benzene rings is 3. The fraction of sp³-hybridized carbons (Fsp3) is 0.136. The maximum atomic E-state index is 12.2. The Morgan fingerprint density at radius 2 is 1.38 bits per heavy atom. The van der Waals surface area contributed by atoms with E-state index in [0.717, 1.165) is 5.69 Å². The molecule has 2 N–H and O–H groups in total. The number of anilines is 2. The molecule has 1 aliphatic rings. The zero-order valence-electron chi connectivity index (χ0n) is 14.5. The summed E-state index contributed by atoms with van der Waals surface area (Å²) >= 11 is 0. The van der Waals surface area contributed by atoms with Gasteiger partial charge >= 0.3 is 6.09 Å². The van der Waals surface area contributed by atoms with E-state index in [1.165, 1.54) is 22.3 Å². The van der Waals surface area contributed by atoms with Crippen LogP contribution in [0.1, 0.15) is 17.0 Å². The minimum Gasteiger partial charge on any atom is -0.448 e. The molecule has 4 heteroatoms. The molecule has 0 radical (unpaired) electrons. The van der Waals surface area contributed by atoms with Gasteiger partial charge in [-0.3, -0.25) is 5.32 Å². The SMILES string of the molecule is CNc1ccc(NC(=O)OCC2c3ccccc3-c3ccccc32)cc1. The molecule has 0 fully saturated rings. The Bertz CT molecular complexity index is 889. The van der Waals surface area contributed by atoms with Gasteiger partial charge in [-0.2, -0.15) is 0 Å². The minimum atomic E-state index is -0.441. The van der Waals surface area contributed by atoms with Crippen LogP contribution >= 0.6 is 0 Å². The molecule has 0 aliphatic heterocycles. The largest absolute Gasteiger partial charge is 0.448 e. The summed E-state index contributed by atoms with van der Waals surface area (Å²) in [7, 11) is 1.86. The molecule has 3 aromatic rings. The summed E-state index contributed by atoms with van der Waals surface area (Å²) in [5.41, 5.74) is 6.56. The first-order valence-corrected chi connectivity index (χ1v) is 8.66. The van der Waals surface area contributed by atoms with E-state index in [2.05, 4.69) is 34.9 Å². The Kier molecular flexibility index (Phi) is 4.32. The second-order valence-electron chi connectivity index (χ2n) is 6.28. The van der Waals surface area contributed by atoms with Crippen molar-refractivity contribution in [1.82, 2.24) is 0 Å². The van der Waals surface area contributed by atoms with E-state index < -0.39 is 6.09 Å². The number of amides is 1. The van der Waals surface area contributed by atoms with Crippen LogP contribution in [0.4, 0.5) is 16.2 Å². The zero-order valence-corrected chi connectivity index (χ0v) is 14.5. The zero-order chi connectivity index (χ0) is 17.9. The van der Waals surface area contributed by atoms with Crippen LogP contribution in [0.25, 0.3) is 11.1 Å². The highest BCUT2D eigenvalue weighted by molar-refractivity contribution is 5.85. The molecule has 130 valence electrons. The van der Waals surface area contributed by atoms with Crippen molar-refractivity contribution in [3.63, 3.8) is 0 Å². The molecule has 26 heavy (non-hydrogen) atoms. The molecule has 0 unspecified atom stereocenters. The molecule has 0 spiro atoms. The summed E-state index contributed by atoms with van der Waals surface area (Å²) in [6.45, 7) is 0.314. The van der Waals surface area contributed by atoms with Gasteiger partial charge in [-0.05, 0) is 46.5 Å². The third-order valence-corrected chi connectivity index (χ3v) is 4.76. The minimum absolute atomic E-state index is 0.0693. The summed E-state index contributed by atoms with van der Waals surface area (Å²) in [5, 5.41) is 5.82. The predicted molar refractivity (Wildman–Crippen MR) is 105 cm³/mol. The average Bonchev–Trinajstić information content (AvgIpc) is 3.01. The molecule has 0 heterocycles. The summed E-state index contributed by atoms with van der Waals surface area (Å²) in [4.78, 5) is 12.2. The van der Waals surface area contributed by atoms with Crippen molar-refractivity contribution in [1.29, 1.82) is 0 Å². The standard InChI is InChI=1S/C22H20N2O2/c1-23-15-10-12-16(13-11-15)24-22(25)26-14-21-19-8-4-2-6-17(19)18-7-3-5-9-20(18)21/h2-13,21,23H,14H2,1H3,(H,24,25). The second kappa shape index (κ2) is 6.92. The van der Waals surface area contributed by atoms with Gasteiger partial charge in [0.05, 0.1) is 0 Å². The monoisotopic (exact) mass is 344 g/mol. The first-order valence-electron chi connectivity index (χ1n) is 8.66. The lowest BCUT2D eigenvalue weighted by atomic mass is 9.98. The number of hydrogen-bond acceptors (Lipinski definition) is 3. The Hall–Kier alpha value is -3.27. The number of hydrogen-bond donors (Lipinski definition) is 2. The fourth-order valence-corrected chi connectivity index (χ4v) is 3.47. The number of carbonyl (C=O) groups is 1. The van der Waals surface area contributed by atoms with E-state index >= 15 is 0 Å². The van der Waals surface area contributed by atoms with Gasteiger partial charge in [-0.15, -0.1) is 0 Å². The third kappa shape index (κ3) is 3.02. The van der Waals surface area contributed by atoms with Gasteiger partial charge in [-0.1, -0.05) is 48.5 Å². The van der Waals surface area contributed by atoms with E-state index in [-0.39, 0.29) is 5.92 Å². The van der Waals surface area contributed by atoms with Crippen molar-refractivity contribution in [2.24, 2.45) is 0 Å². The normalized spacial score (nSPS) is 12.2. The highest BCUT2D eigenvalue weighted by atomic mass is 16.5. The lowest BCUT2D eigenvalue weighted by Crippen LogP contribution is -2.17. The van der Waals surface area contributed by atoms with Crippen LogP contribution in [0.3, 0.4) is 0 Å².